The average molecular weight is 335 g/mol. The van der Waals surface area contributed by atoms with E-state index in [2.05, 4.69) is 27.7 Å². The second kappa shape index (κ2) is 6.57. The summed E-state index contributed by atoms with van der Waals surface area (Å²) in [6.45, 7) is 9.66. The third-order valence-electron chi connectivity index (χ3n) is 4.28. The second-order valence-corrected chi connectivity index (χ2v) is 8.26. The normalized spacial score (nSPS) is 21.0. The van der Waals surface area contributed by atoms with Crippen molar-refractivity contribution < 1.29 is 14.4 Å². The molecule has 0 amide bonds. The summed E-state index contributed by atoms with van der Waals surface area (Å²) in [6.07, 6.45) is 4.61. The molecular formula is C18H25NO3S. The van der Waals surface area contributed by atoms with Crippen LogP contribution in [0.2, 0.25) is 0 Å². The minimum absolute atomic E-state index is 0.0876. The zero-order valence-corrected chi connectivity index (χ0v) is 15.3. The van der Waals surface area contributed by atoms with Crippen LogP contribution in [0.25, 0.3) is 6.08 Å². The molecule has 1 saturated heterocycles. The molecule has 0 unspecified atom stereocenters. The monoisotopic (exact) mass is 335 g/mol. The van der Waals surface area contributed by atoms with E-state index < -0.39 is 5.97 Å². The van der Waals surface area contributed by atoms with Crippen LogP contribution in [0.3, 0.4) is 0 Å². The summed E-state index contributed by atoms with van der Waals surface area (Å²) in [4.78, 5) is 31.1. The Morgan fingerprint density at radius 3 is 2.30 bits per heavy atom. The number of Topliss-reactive ketones (excluding diaryl/α,β-unsaturated/α-hetero) is 1. The Kier molecular flexibility index (Phi) is 5.11. The molecule has 0 aliphatic carbocycles. The molecule has 0 atom stereocenters. The van der Waals surface area contributed by atoms with Gasteiger partial charge in [0, 0.05) is 4.88 Å². The molecule has 0 radical (unpaired) electrons. The highest BCUT2D eigenvalue weighted by Gasteiger charge is 2.44. The van der Waals surface area contributed by atoms with Crippen molar-refractivity contribution >= 4 is 29.2 Å². The van der Waals surface area contributed by atoms with Gasteiger partial charge >= 0.3 is 5.97 Å². The molecule has 1 aliphatic heterocycles. The standard InChI is InChI=1S/C18H25NO3S/c1-13(20)15(12-14-8-6-11-23-14)16(21)22-19-17(2,3)9-7-10-18(19,4)5/h6,8,11-12H,7,9-10H2,1-5H3/b15-12+. The maximum absolute atomic E-state index is 12.6. The van der Waals surface area contributed by atoms with Crippen LogP contribution in [0.5, 0.6) is 0 Å². The Morgan fingerprint density at radius 2 is 1.83 bits per heavy atom. The minimum atomic E-state index is -0.575. The number of hydroxylamine groups is 2. The lowest BCUT2D eigenvalue weighted by atomic mass is 9.82. The van der Waals surface area contributed by atoms with Crippen LogP contribution in [0.15, 0.2) is 23.1 Å². The van der Waals surface area contributed by atoms with E-state index in [1.165, 1.54) is 18.3 Å². The maximum Gasteiger partial charge on any atom is 0.360 e. The zero-order chi connectivity index (χ0) is 17.3. The van der Waals surface area contributed by atoms with Crippen molar-refractivity contribution in [3.63, 3.8) is 0 Å². The lowest BCUT2D eigenvalue weighted by molar-refractivity contribution is -0.262. The van der Waals surface area contributed by atoms with E-state index in [-0.39, 0.29) is 22.4 Å². The van der Waals surface area contributed by atoms with E-state index >= 15 is 0 Å². The Balaban J connectivity index is 2.26. The molecule has 1 fully saturated rings. The van der Waals surface area contributed by atoms with Gasteiger partial charge in [-0.3, -0.25) is 4.79 Å². The fourth-order valence-electron chi connectivity index (χ4n) is 3.18. The quantitative estimate of drug-likeness (QED) is 0.469. The number of carbonyl (C=O) groups is 2. The van der Waals surface area contributed by atoms with Crippen molar-refractivity contribution in [3.8, 4) is 0 Å². The Labute approximate surface area is 142 Å². The van der Waals surface area contributed by atoms with Gasteiger partial charge in [0.05, 0.1) is 11.1 Å². The number of hydrogen-bond acceptors (Lipinski definition) is 5. The minimum Gasteiger partial charge on any atom is -0.363 e. The molecule has 2 heterocycles. The molecule has 0 N–H and O–H groups in total. The van der Waals surface area contributed by atoms with Gasteiger partial charge in [-0.25, -0.2) is 4.79 Å². The number of ketones is 1. The summed E-state index contributed by atoms with van der Waals surface area (Å²) in [5.74, 6) is -0.857. The molecule has 5 heteroatoms. The number of piperidine rings is 1. The van der Waals surface area contributed by atoms with Crippen LogP contribution in [-0.2, 0) is 14.4 Å². The first kappa shape index (κ1) is 17.9. The highest BCUT2D eigenvalue weighted by Crippen LogP contribution is 2.38. The Bertz CT molecular complexity index is 598. The van der Waals surface area contributed by atoms with Gasteiger partial charge in [0.25, 0.3) is 0 Å². The van der Waals surface area contributed by atoms with Gasteiger partial charge in [-0.2, -0.15) is 0 Å². The third kappa shape index (κ3) is 4.09. The van der Waals surface area contributed by atoms with Gasteiger partial charge in [-0.05, 0) is 71.4 Å². The van der Waals surface area contributed by atoms with Gasteiger partial charge < -0.3 is 4.84 Å². The molecule has 1 aromatic rings. The van der Waals surface area contributed by atoms with Gasteiger partial charge in [-0.15, -0.1) is 16.4 Å². The van der Waals surface area contributed by atoms with Gasteiger partial charge in [0.1, 0.15) is 5.57 Å². The van der Waals surface area contributed by atoms with E-state index in [0.717, 1.165) is 24.1 Å². The molecule has 1 aliphatic rings. The molecule has 0 bridgehead atoms. The largest absolute Gasteiger partial charge is 0.363 e. The predicted octanol–water partition coefficient (Wildman–Crippen LogP) is 4.22. The molecule has 2 rings (SSSR count). The van der Waals surface area contributed by atoms with Crippen LogP contribution in [0, 0.1) is 0 Å². The van der Waals surface area contributed by atoms with Crippen LogP contribution in [0.4, 0.5) is 0 Å². The molecule has 0 aromatic carbocycles. The Morgan fingerprint density at radius 1 is 1.22 bits per heavy atom. The number of rotatable bonds is 4. The highest BCUT2D eigenvalue weighted by atomic mass is 32.1. The first-order valence-electron chi connectivity index (χ1n) is 7.92. The van der Waals surface area contributed by atoms with Gasteiger partial charge in [-0.1, -0.05) is 6.07 Å². The SMILES string of the molecule is CC(=O)/C(=C\c1cccs1)C(=O)ON1C(C)(C)CCCC1(C)C. The van der Waals surface area contributed by atoms with Crippen LogP contribution >= 0.6 is 11.3 Å². The number of hydrogen-bond donors (Lipinski definition) is 0. The molecule has 23 heavy (non-hydrogen) atoms. The number of carbonyl (C=O) groups excluding carboxylic acids is 2. The van der Waals surface area contributed by atoms with Crippen LogP contribution in [-0.4, -0.2) is 27.9 Å². The fraction of sp³-hybridized carbons (Fsp3) is 0.556. The molecule has 0 saturated carbocycles. The summed E-state index contributed by atoms with van der Waals surface area (Å²) in [5, 5.41) is 3.68. The van der Waals surface area contributed by atoms with Crippen LogP contribution < -0.4 is 0 Å². The molecule has 0 spiro atoms. The third-order valence-corrected chi connectivity index (χ3v) is 5.10. The van der Waals surface area contributed by atoms with E-state index in [4.69, 9.17) is 4.84 Å². The van der Waals surface area contributed by atoms with Gasteiger partial charge in [0.15, 0.2) is 5.78 Å². The Hall–Kier alpha value is -1.46. The van der Waals surface area contributed by atoms with E-state index in [1.807, 2.05) is 17.5 Å². The van der Waals surface area contributed by atoms with Crippen molar-refractivity contribution in [1.29, 1.82) is 0 Å². The van der Waals surface area contributed by atoms with Gasteiger partial charge in [0.2, 0.25) is 0 Å². The predicted molar refractivity (Wildman–Crippen MR) is 92.9 cm³/mol. The van der Waals surface area contributed by atoms with E-state index in [9.17, 15) is 9.59 Å². The van der Waals surface area contributed by atoms with E-state index in [1.54, 1.807) is 11.1 Å². The second-order valence-electron chi connectivity index (χ2n) is 7.28. The first-order chi connectivity index (χ1) is 10.6. The van der Waals surface area contributed by atoms with Crippen molar-refractivity contribution in [1.82, 2.24) is 5.06 Å². The summed E-state index contributed by atoms with van der Waals surface area (Å²) < 4.78 is 0. The maximum atomic E-state index is 12.6. The number of thiophene rings is 1. The van der Waals surface area contributed by atoms with Crippen molar-refractivity contribution in [2.45, 2.75) is 65.0 Å². The van der Waals surface area contributed by atoms with E-state index in [0.29, 0.717) is 0 Å². The average Bonchev–Trinajstić information content (AvgIpc) is 2.92. The summed E-state index contributed by atoms with van der Waals surface area (Å²) in [5.41, 5.74) is -0.408. The molecule has 126 valence electrons. The smallest absolute Gasteiger partial charge is 0.360 e. The lowest BCUT2D eigenvalue weighted by Crippen LogP contribution is -2.59. The first-order valence-corrected chi connectivity index (χ1v) is 8.80. The molecule has 4 nitrogen and oxygen atoms in total. The fourth-order valence-corrected chi connectivity index (χ4v) is 3.83. The van der Waals surface area contributed by atoms with Crippen molar-refractivity contribution in [2.24, 2.45) is 0 Å². The number of nitrogens with zero attached hydrogens (tertiary/aromatic N) is 1. The summed E-state index contributed by atoms with van der Waals surface area (Å²) >= 11 is 1.48. The summed E-state index contributed by atoms with van der Waals surface area (Å²) in [6, 6.07) is 3.76. The lowest BCUT2D eigenvalue weighted by Gasteiger charge is -2.50. The molecular weight excluding hydrogens is 310 g/mol. The molecule has 1 aromatic heterocycles. The van der Waals surface area contributed by atoms with Crippen LogP contribution in [0.1, 0.15) is 58.8 Å². The highest BCUT2D eigenvalue weighted by molar-refractivity contribution is 7.10. The zero-order valence-electron chi connectivity index (χ0n) is 14.5. The van der Waals surface area contributed by atoms with Crippen molar-refractivity contribution in [2.75, 3.05) is 0 Å². The topological polar surface area (TPSA) is 46.6 Å². The summed E-state index contributed by atoms with van der Waals surface area (Å²) in [7, 11) is 0. The van der Waals surface area contributed by atoms with Crippen molar-refractivity contribution in [3.05, 3.63) is 28.0 Å².